The normalized spacial score (nSPS) is 26.5. The minimum absolute atomic E-state index is 0.169. The van der Waals surface area contributed by atoms with Crippen LogP contribution in [0.1, 0.15) is 99.1 Å². The lowest BCUT2D eigenvalue weighted by Crippen LogP contribution is -2.49. The maximum atomic E-state index is 13.5. The third kappa shape index (κ3) is 5.94. The summed E-state index contributed by atoms with van der Waals surface area (Å²) in [5.74, 6) is 0.172. The van der Waals surface area contributed by atoms with Gasteiger partial charge in [-0.05, 0) is 112 Å². The van der Waals surface area contributed by atoms with Gasteiger partial charge in [-0.2, -0.15) is 4.90 Å². The van der Waals surface area contributed by atoms with Crippen molar-refractivity contribution >= 4 is 39.7 Å². The Hall–Kier alpha value is -2.26. The lowest BCUT2D eigenvalue weighted by molar-refractivity contribution is -0.0486. The molecule has 3 aliphatic rings. The number of rotatable bonds is 2. The molecule has 39 heavy (non-hydrogen) atoms. The largest absolute Gasteiger partial charge is 0.443 e. The van der Waals surface area contributed by atoms with Crippen molar-refractivity contribution in [3.63, 3.8) is 0 Å². The third-order valence-corrected chi connectivity index (χ3v) is 7.85. The van der Waals surface area contributed by atoms with E-state index in [0.717, 1.165) is 47.0 Å². The molecule has 1 heterocycles. The van der Waals surface area contributed by atoms with E-state index in [1.54, 1.807) is 48.5 Å². The van der Waals surface area contributed by atoms with Crippen LogP contribution in [0.4, 0.5) is 9.59 Å². The number of hydrogen-bond acceptors (Lipinski definition) is 7. The van der Waals surface area contributed by atoms with Crippen LogP contribution in [-0.2, 0) is 26.3 Å². The molecule has 2 aliphatic carbocycles. The molecule has 2 amide bonds. The Bertz CT molecular complexity index is 1170. The molecule has 0 saturated heterocycles. The van der Waals surface area contributed by atoms with Crippen LogP contribution in [0.15, 0.2) is 32.7 Å². The van der Waals surface area contributed by atoms with Crippen LogP contribution < -0.4 is 0 Å². The second kappa shape index (κ2) is 10.3. The quantitative estimate of drug-likeness (QED) is 0.348. The van der Waals surface area contributed by atoms with Crippen molar-refractivity contribution in [2.24, 2.45) is 15.4 Å². The van der Waals surface area contributed by atoms with E-state index in [9.17, 15) is 9.59 Å². The van der Waals surface area contributed by atoms with Gasteiger partial charge in [0.1, 0.15) is 11.2 Å². The lowest BCUT2D eigenvalue weighted by Gasteiger charge is -2.45. The number of aliphatic imine (C=N–C) groups is 2. The number of benzene rings is 1. The number of fused-ring (bicyclic) bond motifs is 3. The molecule has 1 saturated carbocycles. The van der Waals surface area contributed by atoms with Crippen LogP contribution >= 0.6 is 15.9 Å². The molecule has 214 valence electrons. The number of amides is 2. The Kier molecular flexibility index (Phi) is 7.84. The molecule has 0 aromatic heterocycles. The van der Waals surface area contributed by atoms with Crippen LogP contribution in [0.2, 0.25) is 0 Å². The zero-order chi connectivity index (χ0) is 29.0. The van der Waals surface area contributed by atoms with Crippen molar-refractivity contribution < 1.29 is 23.8 Å². The zero-order valence-corrected chi connectivity index (χ0v) is 26.3. The van der Waals surface area contributed by atoms with Gasteiger partial charge < -0.3 is 14.2 Å². The Morgan fingerprint density at radius 3 is 2.08 bits per heavy atom. The number of imide groups is 1. The molecule has 0 radical (unpaired) electrons. The molecule has 1 fully saturated rings. The fraction of sp³-hybridized carbons (Fsp3) is 0.667. The summed E-state index contributed by atoms with van der Waals surface area (Å²) in [4.78, 5) is 38.3. The van der Waals surface area contributed by atoms with E-state index in [-0.39, 0.29) is 23.5 Å². The molecule has 1 aromatic rings. The summed E-state index contributed by atoms with van der Waals surface area (Å²) in [7, 11) is 0. The average Bonchev–Trinajstić information content (AvgIpc) is 3.23. The summed E-state index contributed by atoms with van der Waals surface area (Å²) in [6, 6.07) is 6.25. The van der Waals surface area contributed by atoms with Crippen molar-refractivity contribution in [3.05, 3.63) is 33.8 Å². The molecule has 4 rings (SSSR count). The van der Waals surface area contributed by atoms with E-state index in [0.29, 0.717) is 5.71 Å². The van der Waals surface area contributed by atoms with Gasteiger partial charge >= 0.3 is 12.2 Å². The van der Waals surface area contributed by atoms with E-state index in [4.69, 9.17) is 24.2 Å². The number of ether oxygens (including phenoxy) is 3. The lowest BCUT2D eigenvalue weighted by atomic mass is 9.65. The van der Waals surface area contributed by atoms with Crippen LogP contribution in [0, 0.1) is 5.41 Å². The summed E-state index contributed by atoms with van der Waals surface area (Å²) in [6.07, 6.45) is 3.03. The Balaban J connectivity index is 1.83. The molecule has 0 N–H and O–H groups in total. The first-order chi connectivity index (χ1) is 18.0. The second-order valence-corrected chi connectivity index (χ2v) is 14.2. The maximum absolute atomic E-state index is 13.5. The van der Waals surface area contributed by atoms with E-state index >= 15 is 0 Å². The fourth-order valence-electron chi connectivity index (χ4n) is 5.98. The first-order valence-electron chi connectivity index (χ1n) is 13.8. The van der Waals surface area contributed by atoms with Crippen LogP contribution in [0.5, 0.6) is 0 Å². The SMILES string of the molecule is CC1=NC2(N=C1N(C(=O)OC(C)(C)C)C(=O)OC(C)(C)C)c1cc(Br)ccc1CC21CCC(OC(C)C)CC1. The summed E-state index contributed by atoms with van der Waals surface area (Å²) in [5.41, 5.74) is -0.216. The predicted octanol–water partition coefficient (Wildman–Crippen LogP) is 7.56. The van der Waals surface area contributed by atoms with Crippen LogP contribution in [-0.4, -0.2) is 52.0 Å². The average molecular weight is 605 g/mol. The monoisotopic (exact) mass is 603 g/mol. The van der Waals surface area contributed by atoms with Gasteiger partial charge in [-0.3, -0.25) is 4.99 Å². The number of hydrogen-bond donors (Lipinski definition) is 0. The molecular formula is C30H42BrN3O5. The summed E-state index contributed by atoms with van der Waals surface area (Å²) >= 11 is 3.64. The van der Waals surface area contributed by atoms with Crippen LogP contribution in [0.25, 0.3) is 0 Å². The van der Waals surface area contributed by atoms with Crippen molar-refractivity contribution in [3.8, 4) is 0 Å². The number of halogens is 1. The Labute approximate surface area is 240 Å². The molecular weight excluding hydrogens is 562 g/mol. The molecule has 1 aliphatic heterocycles. The van der Waals surface area contributed by atoms with Gasteiger partial charge in [0.2, 0.25) is 0 Å². The first kappa shape index (κ1) is 29.7. The minimum atomic E-state index is -0.962. The number of amidine groups is 1. The third-order valence-electron chi connectivity index (χ3n) is 7.35. The van der Waals surface area contributed by atoms with Gasteiger partial charge in [-0.15, -0.1) is 0 Å². The molecule has 1 aromatic carbocycles. The van der Waals surface area contributed by atoms with Gasteiger partial charge in [0, 0.05) is 15.5 Å². The van der Waals surface area contributed by atoms with Crippen molar-refractivity contribution in [1.29, 1.82) is 0 Å². The number of nitrogens with zero attached hydrogens (tertiary/aromatic N) is 3. The van der Waals surface area contributed by atoms with E-state index in [1.165, 1.54) is 5.56 Å². The highest BCUT2D eigenvalue weighted by Crippen LogP contribution is 2.62. The fourth-order valence-corrected chi connectivity index (χ4v) is 6.34. The number of carbonyl (C=O) groups excluding carboxylic acids is 2. The summed E-state index contributed by atoms with van der Waals surface area (Å²) in [5, 5.41) is 0. The van der Waals surface area contributed by atoms with Crippen LogP contribution in [0.3, 0.4) is 0 Å². The minimum Gasteiger partial charge on any atom is -0.443 e. The van der Waals surface area contributed by atoms with Crippen molar-refractivity contribution in [2.75, 3.05) is 0 Å². The summed E-state index contributed by atoms with van der Waals surface area (Å²) < 4.78 is 18.4. The van der Waals surface area contributed by atoms with Gasteiger partial charge in [0.05, 0.1) is 17.9 Å². The molecule has 0 bridgehead atoms. The topological polar surface area (TPSA) is 89.8 Å². The Morgan fingerprint density at radius 1 is 1.00 bits per heavy atom. The van der Waals surface area contributed by atoms with E-state index < -0.39 is 29.1 Å². The predicted molar refractivity (Wildman–Crippen MR) is 155 cm³/mol. The molecule has 2 spiro atoms. The zero-order valence-electron chi connectivity index (χ0n) is 24.7. The molecule has 9 heteroatoms. The first-order valence-corrected chi connectivity index (χ1v) is 14.6. The molecule has 8 nitrogen and oxygen atoms in total. The van der Waals surface area contributed by atoms with E-state index in [2.05, 4.69) is 41.9 Å². The second-order valence-electron chi connectivity index (χ2n) is 13.2. The smallest absolute Gasteiger partial charge is 0.425 e. The van der Waals surface area contributed by atoms with Gasteiger partial charge in [-0.25, -0.2) is 14.6 Å². The highest BCUT2D eigenvalue weighted by atomic mass is 79.9. The van der Waals surface area contributed by atoms with Gasteiger partial charge in [0.15, 0.2) is 11.5 Å². The van der Waals surface area contributed by atoms with E-state index in [1.807, 2.05) is 6.07 Å². The van der Waals surface area contributed by atoms with Gasteiger partial charge in [0.25, 0.3) is 0 Å². The molecule has 1 atom stereocenters. The van der Waals surface area contributed by atoms with Crippen molar-refractivity contribution in [1.82, 2.24) is 4.90 Å². The highest BCUT2D eigenvalue weighted by Gasteiger charge is 2.61. The number of carbonyl (C=O) groups is 2. The highest BCUT2D eigenvalue weighted by molar-refractivity contribution is 9.10. The maximum Gasteiger partial charge on any atom is 0.425 e. The summed E-state index contributed by atoms with van der Waals surface area (Å²) in [6.45, 7) is 16.5. The molecule has 1 unspecified atom stereocenters. The van der Waals surface area contributed by atoms with Gasteiger partial charge in [-0.1, -0.05) is 22.0 Å². The Morgan fingerprint density at radius 2 is 1.56 bits per heavy atom. The van der Waals surface area contributed by atoms with Crippen molar-refractivity contribution in [2.45, 2.75) is 123 Å². The standard InChI is InChI=1S/C30H42BrN3O5/c1-18(2)37-22-12-14-29(15-13-22)17-20-10-11-21(31)16-23(20)30(29)32-19(3)24(33-30)34(25(35)38-27(4,5)6)26(36)39-28(7,8)9/h10-11,16,18,22H,12-15,17H2,1-9H3.